The van der Waals surface area contributed by atoms with Gasteiger partial charge in [-0.05, 0) is 123 Å². The molecule has 0 bridgehead atoms. The van der Waals surface area contributed by atoms with Gasteiger partial charge in [-0.2, -0.15) is 0 Å². The first kappa shape index (κ1) is 109. The highest BCUT2D eigenvalue weighted by Gasteiger charge is 2.36. The number of nitrogens with zero attached hydrogens (tertiary/aromatic N) is 12. The van der Waals surface area contributed by atoms with Gasteiger partial charge in [-0.1, -0.05) is 27.7 Å². The van der Waals surface area contributed by atoms with Gasteiger partial charge in [0, 0.05) is 192 Å². The predicted octanol–water partition coefficient (Wildman–Crippen LogP) is -0.806. The SMILES string of the molecule is CCNC(=O)c1nnc(-c2cc(C(C)C)c(O)cc2O)n1-c1ccc(OC2CCN(C(=O)CCNC(=O)[C@@H](CCC(=O)N3CCC(Oc4ccc(-n5c(C(=O)NCC)nnc5-c5cc(C(C)C)c(O)cc5O)cc4)CC3)NC(=O)CCNC(=O)[C@@H](CCC(N)=O)NC(=O)[C@@H](CCC(N)=O)NC(=O)[C@@H](CCC(N)=O)NC(=O)CN3CCN(CC(=O)O)CCN(CC(=O)O)CCN(CC(=O)O)CC3)CC2)cc1. The number of aliphatic carboxylic acids is 3. The Bertz CT molecular complexity index is 5350. The fourth-order valence-electron chi connectivity index (χ4n) is 16.2. The van der Waals surface area contributed by atoms with Crippen molar-refractivity contribution < 1.29 is 122 Å². The van der Waals surface area contributed by atoms with E-state index in [1.165, 1.54) is 31.1 Å². The Balaban J connectivity index is 0.842. The van der Waals surface area contributed by atoms with Crippen LogP contribution in [-0.4, -0.2) is 357 Å². The van der Waals surface area contributed by atoms with Gasteiger partial charge in [-0.15, -0.1) is 20.4 Å². The Morgan fingerprint density at radius 3 is 1.05 bits per heavy atom. The average molecular weight is 1960 g/mol. The first-order chi connectivity index (χ1) is 66.6. The number of nitrogens with one attached hydrogen (secondary N) is 8. The molecule has 48 nitrogen and oxygen atoms in total. The van der Waals surface area contributed by atoms with E-state index in [9.17, 15) is 112 Å². The van der Waals surface area contributed by atoms with Crippen molar-refractivity contribution >= 4 is 94.7 Å². The van der Waals surface area contributed by atoms with Gasteiger partial charge in [0.25, 0.3) is 11.8 Å². The highest BCUT2D eigenvalue weighted by Crippen LogP contribution is 2.41. The molecule has 2 aromatic heterocycles. The third-order valence-electron chi connectivity index (χ3n) is 23.7. The van der Waals surface area contributed by atoms with Crippen molar-refractivity contribution in [1.82, 2.24) is 101 Å². The summed E-state index contributed by atoms with van der Waals surface area (Å²) in [5.74, 6) is -13.9. The van der Waals surface area contributed by atoms with E-state index < -0.39 is 185 Å². The van der Waals surface area contributed by atoms with E-state index >= 15 is 0 Å². The van der Waals surface area contributed by atoms with Gasteiger partial charge in [-0.3, -0.25) is 105 Å². The molecule has 0 radical (unpaired) electrons. The summed E-state index contributed by atoms with van der Waals surface area (Å²) < 4.78 is 15.7. The second-order valence-electron chi connectivity index (χ2n) is 34.9. The highest BCUT2D eigenvalue weighted by molar-refractivity contribution is 5.97. The van der Waals surface area contributed by atoms with Crippen LogP contribution in [-0.2, 0) is 67.1 Å². The number of carboxylic acids is 3. The second kappa shape index (κ2) is 52.7. The van der Waals surface area contributed by atoms with Crippen molar-refractivity contribution in [3.8, 4) is 68.6 Å². The average Bonchev–Trinajstić information content (AvgIpc) is 1.62. The first-order valence-corrected chi connectivity index (χ1v) is 46.5. The minimum Gasteiger partial charge on any atom is -0.508 e. The lowest BCUT2D eigenvalue weighted by molar-refractivity contribution is -0.140. The third-order valence-corrected chi connectivity index (χ3v) is 23.7. The lowest BCUT2D eigenvalue weighted by Gasteiger charge is -2.33. The molecule has 0 spiro atoms. The Morgan fingerprint density at radius 1 is 0.379 bits per heavy atom. The van der Waals surface area contributed by atoms with Crippen LogP contribution in [0.2, 0.25) is 0 Å². The topological polar surface area (TPSA) is 688 Å². The summed E-state index contributed by atoms with van der Waals surface area (Å²) in [5, 5.41) is 110. The summed E-state index contributed by atoms with van der Waals surface area (Å²) in [6, 6.07) is 12.6. The molecule has 4 aromatic carbocycles. The van der Waals surface area contributed by atoms with Crippen molar-refractivity contribution in [2.75, 3.05) is 131 Å². The van der Waals surface area contributed by atoms with Crippen LogP contribution < -0.4 is 69.2 Å². The fraction of sp³-hybridized carbons (Fsp3) is 0.522. The minimum absolute atomic E-state index is 0.00437. The van der Waals surface area contributed by atoms with Crippen LogP contribution >= 0.6 is 0 Å². The Hall–Kier alpha value is -14.7. The number of ether oxygens (including phenoxy) is 2. The number of hydrogen-bond donors (Lipinski definition) is 18. The number of phenolic OH excluding ortho intramolecular Hbond substituents is 4. The standard InChI is InChI=1S/C92H127N23O25/c1-7-96-91(137)85-106-104-83(63-45-61(53(3)4)69(116)47-71(63)118)114(85)55-9-13-57(14-10-55)139-59-27-33-112(34-28-59)78(125)24-20-65(87(133)99-32-26-79(126)113-35-29-60(30-36-113)140-58-15-11-56(12-16-58)115-84(105-107-86(115)92(138)97-8-2)64-46-62(54(5)6)70(117)48-72(64)119)100-76(123)25-31-98-88(134)66(17-21-73(93)120)102-90(136)68(19-23-75(95)122)103-89(135)67(18-22-74(94)121)101-77(124)49-108-37-39-109(50-80(127)128)41-43-111(52-82(131)132)44-42-110(40-38-108)51-81(129)130/h9-16,45-48,53-54,59-60,65-68,116-119H,7-8,17-44,49-52H2,1-6H3,(H2,93,120)(H2,94,121)(H2,95,122)(H,96,137)(H,97,138)(H,98,134)(H,99,133)(H,100,123)(H,101,124)(H,102,136)(H,103,135)(H,127,128)(H,129,130)(H,131,132)/t65-,66-,67-,68-/m1/s1. The molecule has 13 amide bonds. The van der Waals surface area contributed by atoms with E-state index in [1.807, 2.05) is 27.7 Å². The van der Waals surface area contributed by atoms with E-state index in [2.05, 4.69) is 62.9 Å². The number of amides is 13. The van der Waals surface area contributed by atoms with Crippen molar-refractivity contribution in [2.45, 2.75) is 180 Å². The molecule has 4 atom stereocenters. The molecular formula is C92H127N23O25. The fourth-order valence-corrected chi connectivity index (χ4v) is 16.2. The molecule has 140 heavy (non-hydrogen) atoms. The zero-order valence-electron chi connectivity index (χ0n) is 79.2. The summed E-state index contributed by atoms with van der Waals surface area (Å²) in [6.07, 6.45) is -3.49. The number of piperidine rings is 2. The molecule has 0 aliphatic carbocycles. The quantitative estimate of drug-likeness (QED) is 0.0222. The minimum atomic E-state index is -1.74. The molecule has 5 heterocycles. The maximum atomic E-state index is 14.4. The molecule has 9 rings (SSSR count). The number of hydrogen-bond acceptors (Lipinski definition) is 30. The molecule has 0 unspecified atom stereocenters. The summed E-state index contributed by atoms with van der Waals surface area (Å²) in [5.41, 5.74) is 18.9. The monoisotopic (exact) mass is 1950 g/mol. The Morgan fingerprint density at radius 2 is 0.700 bits per heavy atom. The number of benzene rings is 4. The van der Waals surface area contributed by atoms with Crippen LogP contribution in [0.15, 0.2) is 72.8 Å². The lowest BCUT2D eigenvalue weighted by Crippen LogP contribution is -2.57. The number of nitrogens with two attached hydrogens (primary N) is 3. The number of carboxylic acid groups (broad SMARTS) is 3. The molecule has 3 fully saturated rings. The predicted molar refractivity (Wildman–Crippen MR) is 501 cm³/mol. The maximum absolute atomic E-state index is 14.4. The van der Waals surface area contributed by atoms with Gasteiger partial charge in [0.15, 0.2) is 11.6 Å². The number of rotatable bonds is 48. The lowest BCUT2D eigenvalue weighted by atomic mass is 9.98. The molecule has 21 N–H and O–H groups in total. The van der Waals surface area contributed by atoms with E-state index in [0.29, 0.717) is 59.7 Å². The molecule has 3 aliphatic rings. The first-order valence-electron chi connectivity index (χ1n) is 46.5. The van der Waals surface area contributed by atoms with E-state index in [4.69, 9.17) is 26.7 Å². The van der Waals surface area contributed by atoms with Gasteiger partial charge in [0.1, 0.15) is 70.9 Å². The van der Waals surface area contributed by atoms with Crippen LogP contribution in [0.5, 0.6) is 34.5 Å². The molecule has 3 saturated heterocycles. The summed E-state index contributed by atoms with van der Waals surface area (Å²) in [6.45, 7) is 10.3. The number of likely N-dealkylation sites (tertiary alicyclic amines) is 2. The summed E-state index contributed by atoms with van der Waals surface area (Å²) >= 11 is 0. The maximum Gasteiger partial charge on any atom is 0.317 e. The number of carbonyl (C=O) groups is 16. The van der Waals surface area contributed by atoms with Gasteiger partial charge < -0.3 is 115 Å². The van der Waals surface area contributed by atoms with Gasteiger partial charge in [-0.25, -0.2) is 0 Å². The smallest absolute Gasteiger partial charge is 0.317 e. The normalized spacial score (nSPS) is 15.4. The summed E-state index contributed by atoms with van der Waals surface area (Å²) in [7, 11) is 0. The van der Waals surface area contributed by atoms with Gasteiger partial charge in [0.05, 0.1) is 37.3 Å². The van der Waals surface area contributed by atoms with E-state index in [-0.39, 0.29) is 211 Å². The van der Waals surface area contributed by atoms with E-state index in [0.717, 1.165) is 0 Å². The van der Waals surface area contributed by atoms with Gasteiger partial charge >= 0.3 is 17.9 Å². The number of phenols is 4. The van der Waals surface area contributed by atoms with Crippen LogP contribution in [0.1, 0.15) is 176 Å². The highest BCUT2D eigenvalue weighted by atomic mass is 16.5. The molecule has 3 aliphatic heterocycles. The number of aromatic hydroxyl groups is 4. The van der Waals surface area contributed by atoms with Crippen LogP contribution in [0.25, 0.3) is 34.2 Å². The van der Waals surface area contributed by atoms with Crippen molar-refractivity contribution in [1.29, 1.82) is 0 Å². The van der Waals surface area contributed by atoms with Crippen LogP contribution in [0.4, 0.5) is 0 Å². The van der Waals surface area contributed by atoms with Crippen molar-refractivity contribution in [3.05, 3.63) is 95.6 Å². The zero-order chi connectivity index (χ0) is 102. The Kier molecular flexibility index (Phi) is 41.1. The van der Waals surface area contributed by atoms with E-state index in [1.54, 1.807) is 94.1 Å². The van der Waals surface area contributed by atoms with Crippen LogP contribution in [0.3, 0.4) is 0 Å². The molecule has 0 saturated carbocycles. The number of aromatic nitrogens is 6. The van der Waals surface area contributed by atoms with Gasteiger partial charge in [0.2, 0.25) is 76.6 Å². The second-order valence-corrected chi connectivity index (χ2v) is 34.9. The molecule has 6 aromatic rings. The molecule has 760 valence electrons. The van der Waals surface area contributed by atoms with Crippen molar-refractivity contribution in [3.63, 3.8) is 0 Å². The molecule has 48 heteroatoms. The molecular weight excluding hydrogens is 1830 g/mol. The number of carbonyl (C=O) groups excluding carboxylic acids is 13. The third kappa shape index (κ3) is 32.8. The summed E-state index contributed by atoms with van der Waals surface area (Å²) in [4.78, 5) is 222. The van der Waals surface area contributed by atoms with Crippen LogP contribution in [0, 0.1) is 0 Å². The Labute approximate surface area is 806 Å². The van der Waals surface area contributed by atoms with Crippen molar-refractivity contribution in [2.24, 2.45) is 17.2 Å². The largest absolute Gasteiger partial charge is 0.508 e. The zero-order valence-corrected chi connectivity index (χ0v) is 79.2. The number of primary amides is 3.